The largest absolute Gasteiger partial charge is 0.497 e. The number of methoxy groups -OCH3 is 2. The van der Waals surface area contributed by atoms with Gasteiger partial charge in [0.25, 0.3) is 0 Å². The molecule has 0 aliphatic rings. The summed E-state index contributed by atoms with van der Waals surface area (Å²) >= 11 is 0. The molecule has 0 unspecified atom stereocenters. The standard InChI is InChI=1S/C26H27N3O4/c1-16-12-20-23(15-24(16)32-4)29-22-9-8-19(31-3)14-21(22)25(20)28-18-7-5-6-17(13-18)10-11-33-26(30)27-2/h5-9,12-15H,10-11H2,1-4H3,(H,27,30)(H,28,29). The SMILES string of the molecule is CNC(=O)OCCc1cccc(Nc2c3cc(OC)ccc3nc3cc(OC)c(C)cc23)c1. The van der Waals surface area contributed by atoms with Crippen molar-refractivity contribution in [1.29, 1.82) is 0 Å². The van der Waals surface area contributed by atoms with Crippen molar-refractivity contribution < 1.29 is 19.0 Å². The molecular weight excluding hydrogens is 418 g/mol. The maximum atomic E-state index is 11.3. The van der Waals surface area contributed by atoms with Crippen molar-refractivity contribution in [3.63, 3.8) is 0 Å². The Balaban J connectivity index is 1.77. The molecule has 4 aromatic rings. The van der Waals surface area contributed by atoms with Gasteiger partial charge in [0.1, 0.15) is 11.5 Å². The highest BCUT2D eigenvalue weighted by molar-refractivity contribution is 6.09. The number of carbonyl (C=O) groups excluding carboxylic acids is 1. The van der Waals surface area contributed by atoms with Gasteiger partial charge in [-0.1, -0.05) is 12.1 Å². The number of pyridine rings is 1. The third-order valence-electron chi connectivity index (χ3n) is 5.52. The second-order valence-electron chi connectivity index (χ2n) is 7.67. The number of alkyl carbamates (subject to hydrolysis) is 1. The van der Waals surface area contributed by atoms with Crippen molar-refractivity contribution in [2.75, 3.05) is 33.2 Å². The lowest BCUT2D eigenvalue weighted by atomic mass is 10.0. The first kappa shape index (κ1) is 22.2. The highest BCUT2D eigenvalue weighted by atomic mass is 16.5. The number of aryl methyl sites for hydroxylation is 1. The molecule has 0 bridgehead atoms. The van der Waals surface area contributed by atoms with Gasteiger partial charge in [0, 0.05) is 36.0 Å². The summed E-state index contributed by atoms with van der Waals surface area (Å²) in [6.45, 7) is 2.32. The van der Waals surface area contributed by atoms with E-state index in [4.69, 9.17) is 19.2 Å². The van der Waals surface area contributed by atoms with E-state index in [0.29, 0.717) is 13.0 Å². The first-order valence-corrected chi connectivity index (χ1v) is 10.7. The quantitative estimate of drug-likeness (QED) is 0.373. The molecule has 7 nitrogen and oxygen atoms in total. The van der Waals surface area contributed by atoms with Crippen molar-refractivity contribution in [2.24, 2.45) is 0 Å². The van der Waals surface area contributed by atoms with E-state index in [1.807, 2.05) is 49.4 Å². The molecule has 7 heteroatoms. The first-order valence-electron chi connectivity index (χ1n) is 10.7. The molecule has 2 N–H and O–H groups in total. The molecule has 0 fully saturated rings. The Hall–Kier alpha value is -4.00. The van der Waals surface area contributed by atoms with Gasteiger partial charge in [0.15, 0.2) is 0 Å². The minimum Gasteiger partial charge on any atom is -0.497 e. The summed E-state index contributed by atoms with van der Waals surface area (Å²) in [4.78, 5) is 16.2. The minimum absolute atomic E-state index is 0.306. The third kappa shape index (κ3) is 4.77. The van der Waals surface area contributed by atoms with Crippen LogP contribution in [0.15, 0.2) is 54.6 Å². The summed E-state index contributed by atoms with van der Waals surface area (Å²) in [7, 11) is 4.86. The Morgan fingerprint density at radius 3 is 2.55 bits per heavy atom. The van der Waals surface area contributed by atoms with Gasteiger partial charge in [-0.15, -0.1) is 0 Å². The normalized spacial score (nSPS) is 10.8. The van der Waals surface area contributed by atoms with Crippen LogP contribution in [-0.2, 0) is 11.2 Å². The van der Waals surface area contributed by atoms with Gasteiger partial charge in [-0.2, -0.15) is 0 Å². The topological polar surface area (TPSA) is 81.7 Å². The Morgan fingerprint density at radius 2 is 1.79 bits per heavy atom. The zero-order valence-corrected chi connectivity index (χ0v) is 19.2. The summed E-state index contributed by atoms with van der Waals surface area (Å²) in [5.41, 5.74) is 5.65. The summed E-state index contributed by atoms with van der Waals surface area (Å²) in [6, 6.07) is 18.0. The lowest BCUT2D eigenvalue weighted by molar-refractivity contribution is 0.150. The van der Waals surface area contributed by atoms with E-state index in [9.17, 15) is 4.79 Å². The molecule has 0 aliphatic carbocycles. The van der Waals surface area contributed by atoms with E-state index in [2.05, 4.69) is 22.8 Å². The monoisotopic (exact) mass is 445 g/mol. The summed E-state index contributed by atoms with van der Waals surface area (Å²) < 4.78 is 16.1. The van der Waals surface area contributed by atoms with Crippen LogP contribution < -0.4 is 20.1 Å². The van der Waals surface area contributed by atoms with E-state index < -0.39 is 6.09 Å². The van der Waals surface area contributed by atoms with Crippen LogP contribution in [0, 0.1) is 6.92 Å². The minimum atomic E-state index is -0.432. The van der Waals surface area contributed by atoms with Crippen LogP contribution in [0.25, 0.3) is 21.8 Å². The number of amides is 1. The number of aromatic nitrogens is 1. The van der Waals surface area contributed by atoms with Crippen molar-refractivity contribution in [3.8, 4) is 11.5 Å². The molecule has 0 spiro atoms. The van der Waals surface area contributed by atoms with Crippen molar-refractivity contribution in [1.82, 2.24) is 10.3 Å². The predicted octanol–water partition coefficient (Wildman–Crippen LogP) is 5.36. The number of anilines is 2. The van der Waals surface area contributed by atoms with Crippen molar-refractivity contribution >= 4 is 39.3 Å². The van der Waals surface area contributed by atoms with Gasteiger partial charge in [-0.3, -0.25) is 0 Å². The number of ether oxygens (including phenoxy) is 3. The van der Waals surface area contributed by atoms with Crippen LogP contribution in [0.4, 0.5) is 16.2 Å². The van der Waals surface area contributed by atoms with Crippen LogP contribution in [0.2, 0.25) is 0 Å². The number of nitrogens with one attached hydrogen (secondary N) is 2. The molecule has 1 heterocycles. The first-order chi connectivity index (χ1) is 16.0. The molecule has 3 aromatic carbocycles. The van der Waals surface area contributed by atoms with Crippen LogP contribution in [0.1, 0.15) is 11.1 Å². The van der Waals surface area contributed by atoms with E-state index in [1.165, 1.54) is 0 Å². The molecule has 0 saturated carbocycles. The maximum absolute atomic E-state index is 11.3. The lowest BCUT2D eigenvalue weighted by Crippen LogP contribution is -2.20. The Bertz CT molecular complexity index is 1320. The fraction of sp³-hybridized carbons (Fsp3) is 0.231. The predicted molar refractivity (Wildman–Crippen MR) is 131 cm³/mol. The average molecular weight is 446 g/mol. The number of benzene rings is 3. The molecular formula is C26H27N3O4. The molecule has 0 atom stereocenters. The summed E-state index contributed by atoms with van der Waals surface area (Å²) in [5, 5.41) is 8.00. The van der Waals surface area contributed by atoms with Crippen LogP contribution in [-0.4, -0.2) is 39.0 Å². The van der Waals surface area contributed by atoms with E-state index in [0.717, 1.165) is 55.8 Å². The van der Waals surface area contributed by atoms with Gasteiger partial charge in [-0.05, 0) is 54.4 Å². The van der Waals surface area contributed by atoms with Gasteiger partial charge in [0.2, 0.25) is 0 Å². The van der Waals surface area contributed by atoms with Crippen molar-refractivity contribution in [3.05, 3.63) is 65.7 Å². The number of carbonyl (C=O) groups is 1. The van der Waals surface area contributed by atoms with Crippen molar-refractivity contribution in [2.45, 2.75) is 13.3 Å². The van der Waals surface area contributed by atoms with Crippen LogP contribution >= 0.6 is 0 Å². The highest BCUT2D eigenvalue weighted by Gasteiger charge is 2.14. The number of hydrogen-bond donors (Lipinski definition) is 2. The van der Waals surface area contributed by atoms with E-state index >= 15 is 0 Å². The number of fused-ring (bicyclic) bond motifs is 2. The van der Waals surface area contributed by atoms with Crippen LogP contribution in [0.5, 0.6) is 11.5 Å². The molecule has 33 heavy (non-hydrogen) atoms. The fourth-order valence-electron chi connectivity index (χ4n) is 3.82. The zero-order chi connectivity index (χ0) is 23.4. The number of rotatable bonds is 7. The van der Waals surface area contributed by atoms with E-state index in [-0.39, 0.29) is 0 Å². The Labute approximate surface area is 192 Å². The van der Waals surface area contributed by atoms with E-state index in [1.54, 1.807) is 21.3 Å². The Kier molecular flexibility index (Phi) is 6.49. The molecule has 0 radical (unpaired) electrons. The molecule has 4 rings (SSSR count). The lowest BCUT2D eigenvalue weighted by Gasteiger charge is -2.16. The smallest absolute Gasteiger partial charge is 0.406 e. The maximum Gasteiger partial charge on any atom is 0.406 e. The summed E-state index contributed by atoms with van der Waals surface area (Å²) in [5.74, 6) is 1.56. The molecule has 170 valence electrons. The molecule has 1 aromatic heterocycles. The zero-order valence-electron chi connectivity index (χ0n) is 19.2. The van der Waals surface area contributed by atoms with Gasteiger partial charge in [0.05, 0.1) is 37.5 Å². The molecule has 0 aliphatic heterocycles. The molecule has 1 amide bonds. The fourth-order valence-corrected chi connectivity index (χ4v) is 3.82. The average Bonchev–Trinajstić information content (AvgIpc) is 2.83. The second-order valence-corrected chi connectivity index (χ2v) is 7.67. The third-order valence-corrected chi connectivity index (χ3v) is 5.52. The second kappa shape index (κ2) is 9.65. The Morgan fingerprint density at radius 1 is 0.970 bits per heavy atom. The van der Waals surface area contributed by atoms with Gasteiger partial charge in [-0.25, -0.2) is 9.78 Å². The highest BCUT2D eigenvalue weighted by Crippen LogP contribution is 2.37. The van der Waals surface area contributed by atoms with Gasteiger partial charge < -0.3 is 24.8 Å². The van der Waals surface area contributed by atoms with Gasteiger partial charge >= 0.3 is 6.09 Å². The summed E-state index contributed by atoms with van der Waals surface area (Å²) in [6.07, 6.45) is 0.184. The molecule has 0 saturated heterocycles. The van der Waals surface area contributed by atoms with Crippen LogP contribution in [0.3, 0.4) is 0 Å². The number of nitrogens with zero attached hydrogens (tertiary/aromatic N) is 1. The number of hydrogen-bond acceptors (Lipinski definition) is 6.